The molecule has 1 aliphatic rings. The van der Waals surface area contributed by atoms with Gasteiger partial charge in [0.15, 0.2) is 0 Å². The van der Waals surface area contributed by atoms with E-state index in [4.69, 9.17) is 4.42 Å². The van der Waals surface area contributed by atoms with Crippen LogP contribution in [0, 0.1) is 0 Å². The highest BCUT2D eigenvalue weighted by Gasteiger charge is 2.28. The van der Waals surface area contributed by atoms with Gasteiger partial charge in [-0.05, 0) is 24.3 Å². The zero-order chi connectivity index (χ0) is 15.6. The summed E-state index contributed by atoms with van der Waals surface area (Å²) in [6, 6.07) is 13.4. The molecule has 0 radical (unpaired) electrons. The van der Waals surface area contributed by atoms with E-state index in [1.165, 1.54) is 0 Å². The average molecular weight is 308 g/mol. The Morgan fingerprint density at radius 2 is 2.13 bits per heavy atom. The van der Waals surface area contributed by atoms with Crippen molar-refractivity contribution in [2.75, 3.05) is 0 Å². The molecule has 1 aromatic carbocycles. The van der Waals surface area contributed by atoms with Crippen LogP contribution in [0.1, 0.15) is 28.6 Å². The highest BCUT2D eigenvalue weighted by molar-refractivity contribution is 5.94. The van der Waals surface area contributed by atoms with E-state index in [2.05, 4.69) is 21.2 Å². The number of hydrogen-bond donors (Lipinski definition) is 3. The molecule has 1 aliphatic heterocycles. The molecule has 6 nitrogen and oxygen atoms in total. The first-order valence-electron chi connectivity index (χ1n) is 7.50. The SMILES string of the molecule is O=C(NC1CC(c2cc3ccccc3o2)NN1)c1cccnc1. The number of pyridine rings is 1. The highest BCUT2D eigenvalue weighted by Crippen LogP contribution is 2.27. The summed E-state index contributed by atoms with van der Waals surface area (Å²) in [4.78, 5) is 16.1. The third-order valence-corrected chi connectivity index (χ3v) is 3.92. The van der Waals surface area contributed by atoms with Crippen molar-refractivity contribution in [3.63, 3.8) is 0 Å². The van der Waals surface area contributed by atoms with Gasteiger partial charge in [0.1, 0.15) is 11.3 Å². The largest absolute Gasteiger partial charge is 0.459 e. The minimum absolute atomic E-state index is 0.0154. The van der Waals surface area contributed by atoms with Gasteiger partial charge in [-0.25, -0.2) is 10.9 Å². The molecule has 0 spiro atoms. The van der Waals surface area contributed by atoms with Crippen LogP contribution in [0.2, 0.25) is 0 Å². The Balaban J connectivity index is 1.44. The zero-order valence-electron chi connectivity index (χ0n) is 12.3. The Hall–Kier alpha value is -2.70. The van der Waals surface area contributed by atoms with E-state index >= 15 is 0 Å². The minimum atomic E-state index is -0.166. The third-order valence-electron chi connectivity index (χ3n) is 3.92. The number of carbonyl (C=O) groups excluding carboxylic acids is 1. The maximum atomic E-state index is 12.1. The number of para-hydroxylation sites is 1. The maximum Gasteiger partial charge on any atom is 0.254 e. The molecule has 6 heteroatoms. The van der Waals surface area contributed by atoms with Gasteiger partial charge in [0, 0.05) is 24.2 Å². The quantitative estimate of drug-likeness (QED) is 0.691. The Labute approximate surface area is 132 Å². The van der Waals surface area contributed by atoms with Crippen LogP contribution in [0.5, 0.6) is 0 Å². The standard InChI is InChI=1S/C17H16N4O2/c22-17(12-5-3-7-18-10-12)19-16-9-13(20-21-16)15-8-11-4-1-2-6-14(11)23-15/h1-8,10,13,16,20-21H,9H2,(H,19,22). The van der Waals surface area contributed by atoms with Gasteiger partial charge < -0.3 is 9.73 Å². The molecule has 1 saturated heterocycles. The monoisotopic (exact) mass is 308 g/mol. The summed E-state index contributed by atoms with van der Waals surface area (Å²) in [6.45, 7) is 0. The molecule has 116 valence electrons. The second-order valence-electron chi connectivity index (χ2n) is 5.53. The molecule has 2 aromatic heterocycles. The van der Waals surface area contributed by atoms with Crippen LogP contribution in [0.4, 0.5) is 0 Å². The lowest BCUT2D eigenvalue weighted by molar-refractivity contribution is 0.0932. The number of fused-ring (bicyclic) bond motifs is 1. The summed E-state index contributed by atoms with van der Waals surface area (Å²) in [7, 11) is 0. The molecule has 0 aliphatic carbocycles. The van der Waals surface area contributed by atoms with E-state index in [-0.39, 0.29) is 18.1 Å². The molecule has 3 aromatic rings. The van der Waals surface area contributed by atoms with Crippen LogP contribution in [-0.2, 0) is 0 Å². The molecule has 0 bridgehead atoms. The Morgan fingerprint density at radius 1 is 1.22 bits per heavy atom. The van der Waals surface area contributed by atoms with Crippen LogP contribution < -0.4 is 16.2 Å². The summed E-state index contributed by atoms with van der Waals surface area (Å²) in [6.07, 6.45) is 3.73. The predicted octanol–water partition coefficient (Wildman–Crippen LogP) is 2.12. The van der Waals surface area contributed by atoms with Crippen LogP contribution in [0.25, 0.3) is 11.0 Å². The number of rotatable bonds is 3. The van der Waals surface area contributed by atoms with E-state index in [0.717, 1.165) is 16.7 Å². The van der Waals surface area contributed by atoms with Gasteiger partial charge in [-0.3, -0.25) is 9.78 Å². The van der Waals surface area contributed by atoms with Crippen LogP contribution in [0.3, 0.4) is 0 Å². The van der Waals surface area contributed by atoms with Crippen LogP contribution >= 0.6 is 0 Å². The zero-order valence-corrected chi connectivity index (χ0v) is 12.3. The molecular weight excluding hydrogens is 292 g/mol. The second kappa shape index (κ2) is 5.83. The number of nitrogens with zero attached hydrogens (tertiary/aromatic N) is 1. The Kier molecular flexibility index (Phi) is 3.53. The average Bonchev–Trinajstić information content (AvgIpc) is 3.21. The van der Waals surface area contributed by atoms with Gasteiger partial charge in [-0.1, -0.05) is 18.2 Å². The van der Waals surface area contributed by atoms with Crippen molar-refractivity contribution in [1.82, 2.24) is 21.2 Å². The molecule has 3 heterocycles. The Morgan fingerprint density at radius 3 is 2.96 bits per heavy atom. The molecule has 1 fully saturated rings. The smallest absolute Gasteiger partial charge is 0.254 e. The number of furan rings is 1. The summed E-state index contributed by atoms with van der Waals surface area (Å²) >= 11 is 0. The lowest BCUT2D eigenvalue weighted by Crippen LogP contribution is -2.44. The summed E-state index contributed by atoms with van der Waals surface area (Å²) in [5, 5.41) is 4.01. The van der Waals surface area contributed by atoms with Crippen LogP contribution in [-0.4, -0.2) is 17.1 Å². The number of aromatic nitrogens is 1. The lowest BCUT2D eigenvalue weighted by Gasteiger charge is -2.11. The van der Waals surface area contributed by atoms with Gasteiger partial charge in [-0.2, -0.15) is 0 Å². The highest BCUT2D eigenvalue weighted by atomic mass is 16.3. The summed E-state index contributed by atoms with van der Waals surface area (Å²) in [5.74, 6) is 0.708. The van der Waals surface area contributed by atoms with E-state index in [0.29, 0.717) is 12.0 Å². The van der Waals surface area contributed by atoms with Crippen molar-refractivity contribution in [2.24, 2.45) is 0 Å². The van der Waals surface area contributed by atoms with Crippen molar-refractivity contribution in [3.05, 3.63) is 66.2 Å². The van der Waals surface area contributed by atoms with Crippen molar-refractivity contribution in [2.45, 2.75) is 18.6 Å². The first-order valence-corrected chi connectivity index (χ1v) is 7.50. The number of carbonyl (C=O) groups is 1. The molecule has 23 heavy (non-hydrogen) atoms. The van der Waals surface area contributed by atoms with Crippen molar-refractivity contribution < 1.29 is 9.21 Å². The lowest BCUT2D eigenvalue weighted by atomic mass is 10.1. The van der Waals surface area contributed by atoms with E-state index < -0.39 is 0 Å². The normalized spacial score (nSPS) is 20.7. The molecule has 0 saturated carbocycles. The fourth-order valence-electron chi connectivity index (χ4n) is 2.75. The summed E-state index contributed by atoms with van der Waals surface area (Å²) in [5.41, 5.74) is 7.67. The number of amides is 1. The van der Waals surface area contributed by atoms with E-state index in [1.807, 2.05) is 30.3 Å². The first-order chi connectivity index (χ1) is 11.3. The van der Waals surface area contributed by atoms with Gasteiger partial charge in [0.05, 0.1) is 17.8 Å². The first kappa shape index (κ1) is 13.9. The fraction of sp³-hybridized carbons (Fsp3) is 0.176. The van der Waals surface area contributed by atoms with Gasteiger partial charge in [-0.15, -0.1) is 0 Å². The van der Waals surface area contributed by atoms with Crippen molar-refractivity contribution >= 4 is 16.9 Å². The number of hydrogen-bond acceptors (Lipinski definition) is 5. The molecule has 1 amide bonds. The number of nitrogens with one attached hydrogen (secondary N) is 3. The fourth-order valence-corrected chi connectivity index (χ4v) is 2.75. The Bertz CT molecular complexity index is 798. The molecular formula is C17H16N4O2. The predicted molar refractivity (Wildman–Crippen MR) is 85.3 cm³/mol. The topological polar surface area (TPSA) is 79.2 Å². The van der Waals surface area contributed by atoms with Crippen molar-refractivity contribution in [1.29, 1.82) is 0 Å². The van der Waals surface area contributed by atoms with Gasteiger partial charge in [0.25, 0.3) is 5.91 Å². The molecule has 2 unspecified atom stereocenters. The molecule has 3 N–H and O–H groups in total. The van der Waals surface area contributed by atoms with Gasteiger partial charge >= 0.3 is 0 Å². The molecule has 4 rings (SSSR count). The van der Waals surface area contributed by atoms with Gasteiger partial charge in [0.2, 0.25) is 0 Å². The van der Waals surface area contributed by atoms with Crippen molar-refractivity contribution in [3.8, 4) is 0 Å². The number of hydrazine groups is 1. The van der Waals surface area contributed by atoms with Crippen LogP contribution in [0.15, 0.2) is 59.3 Å². The maximum absolute atomic E-state index is 12.1. The van der Waals surface area contributed by atoms with E-state index in [9.17, 15) is 4.79 Å². The number of benzene rings is 1. The van der Waals surface area contributed by atoms with E-state index in [1.54, 1.807) is 24.5 Å². The summed E-state index contributed by atoms with van der Waals surface area (Å²) < 4.78 is 5.86. The second-order valence-corrected chi connectivity index (χ2v) is 5.53. The molecule has 2 atom stereocenters. The minimum Gasteiger partial charge on any atom is -0.459 e. The third kappa shape index (κ3) is 2.81.